The van der Waals surface area contributed by atoms with Crippen LogP contribution in [0.1, 0.15) is 29.1 Å². The second-order valence-corrected chi connectivity index (χ2v) is 5.58. The van der Waals surface area contributed by atoms with Crippen LogP contribution in [0.2, 0.25) is 0 Å². The van der Waals surface area contributed by atoms with Crippen LogP contribution in [0, 0.1) is 0 Å². The number of anilines is 1. The van der Waals surface area contributed by atoms with Gasteiger partial charge in [-0.3, -0.25) is 0 Å². The maximum atomic E-state index is 12.0. The molecule has 4 nitrogen and oxygen atoms in total. The lowest BCUT2D eigenvalue weighted by Crippen LogP contribution is -2.05. The average molecular weight is 305 g/mol. The van der Waals surface area contributed by atoms with E-state index < -0.39 is 5.97 Å². The van der Waals surface area contributed by atoms with E-state index in [2.05, 4.69) is 0 Å². The molecule has 5 heteroatoms. The minimum Gasteiger partial charge on any atom is -0.494 e. The SMILES string of the molecule is CCOc1ccc(-c2c(CC)sc(N)c2C(=O)OC)cc1. The fraction of sp³-hybridized carbons (Fsp3) is 0.312. The minimum atomic E-state index is -0.396. The van der Waals surface area contributed by atoms with E-state index in [1.807, 2.05) is 38.1 Å². The monoisotopic (exact) mass is 305 g/mol. The van der Waals surface area contributed by atoms with Gasteiger partial charge in [0.2, 0.25) is 0 Å². The van der Waals surface area contributed by atoms with Gasteiger partial charge in [-0.25, -0.2) is 4.79 Å². The van der Waals surface area contributed by atoms with Gasteiger partial charge >= 0.3 is 5.97 Å². The number of ether oxygens (including phenoxy) is 2. The predicted octanol–water partition coefficient (Wildman–Crippen LogP) is 3.75. The van der Waals surface area contributed by atoms with Crippen molar-refractivity contribution in [2.75, 3.05) is 19.5 Å². The van der Waals surface area contributed by atoms with E-state index in [1.165, 1.54) is 18.4 Å². The highest BCUT2D eigenvalue weighted by Gasteiger charge is 2.23. The number of rotatable bonds is 5. The highest BCUT2D eigenvalue weighted by atomic mass is 32.1. The highest BCUT2D eigenvalue weighted by Crippen LogP contribution is 2.39. The molecule has 112 valence electrons. The largest absolute Gasteiger partial charge is 0.494 e. The summed E-state index contributed by atoms with van der Waals surface area (Å²) in [6.45, 7) is 4.61. The number of hydrogen-bond donors (Lipinski definition) is 1. The van der Waals surface area contributed by atoms with Crippen LogP contribution >= 0.6 is 11.3 Å². The van der Waals surface area contributed by atoms with Crippen molar-refractivity contribution in [3.63, 3.8) is 0 Å². The Morgan fingerprint density at radius 2 is 1.90 bits per heavy atom. The maximum absolute atomic E-state index is 12.0. The molecule has 1 heterocycles. The molecule has 1 aromatic carbocycles. The summed E-state index contributed by atoms with van der Waals surface area (Å²) in [6, 6.07) is 7.68. The third-order valence-electron chi connectivity index (χ3n) is 3.17. The van der Waals surface area contributed by atoms with Gasteiger partial charge in [-0.05, 0) is 31.0 Å². The topological polar surface area (TPSA) is 61.5 Å². The Balaban J connectivity index is 2.53. The number of nitrogens with two attached hydrogens (primary N) is 1. The molecular weight excluding hydrogens is 286 g/mol. The first kappa shape index (κ1) is 15.4. The summed E-state index contributed by atoms with van der Waals surface area (Å²) in [5.41, 5.74) is 8.28. The molecule has 0 spiro atoms. The normalized spacial score (nSPS) is 10.4. The first-order valence-corrected chi connectivity index (χ1v) is 7.66. The molecule has 21 heavy (non-hydrogen) atoms. The molecule has 0 radical (unpaired) electrons. The third kappa shape index (κ3) is 3.03. The zero-order chi connectivity index (χ0) is 15.4. The molecule has 0 saturated heterocycles. The molecule has 0 fully saturated rings. The summed E-state index contributed by atoms with van der Waals surface area (Å²) in [6.07, 6.45) is 0.814. The number of aryl methyl sites for hydroxylation is 1. The molecule has 1 aromatic heterocycles. The van der Waals surface area contributed by atoms with E-state index >= 15 is 0 Å². The van der Waals surface area contributed by atoms with Crippen LogP contribution in [0.4, 0.5) is 5.00 Å². The number of benzene rings is 1. The zero-order valence-corrected chi connectivity index (χ0v) is 13.3. The summed E-state index contributed by atoms with van der Waals surface area (Å²) in [7, 11) is 1.37. The van der Waals surface area contributed by atoms with Crippen LogP contribution < -0.4 is 10.5 Å². The summed E-state index contributed by atoms with van der Waals surface area (Å²) >= 11 is 1.44. The number of methoxy groups -OCH3 is 1. The Bertz CT molecular complexity index is 632. The van der Waals surface area contributed by atoms with Gasteiger partial charge in [0.25, 0.3) is 0 Å². The summed E-state index contributed by atoms with van der Waals surface area (Å²) in [5.74, 6) is 0.412. The molecule has 2 rings (SSSR count). The number of carbonyl (C=O) groups excluding carboxylic acids is 1. The molecule has 2 N–H and O–H groups in total. The summed E-state index contributed by atoms with van der Waals surface area (Å²) in [5, 5.41) is 0.502. The van der Waals surface area contributed by atoms with Crippen molar-refractivity contribution in [3.8, 4) is 16.9 Å². The van der Waals surface area contributed by atoms with E-state index in [9.17, 15) is 4.79 Å². The second kappa shape index (κ2) is 6.63. The van der Waals surface area contributed by atoms with Crippen molar-refractivity contribution in [1.82, 2.24) is 0 Å². The molecule has 0 aliphatic carbocycles. The molecule has 0 aliphatic heterocycles. The zero-order valence-electron chi connectivity index (χ0n) is 12.4. The van der Waals surface area contributed by atoms with Crippen LogP contribution in [0.15, 0.2) is 24.3 Å². The molecule has 0 saturated carbocycles. The average Bonchev–Trinajstić information content (AvgIpc) is 2.84. The lowest BCUT2D eigenvalue weighted by atomic mass is 10.00. The van der Waals surface area contributed by atoms with Crippen molar-refractivity contribution < 1.29 is 14.3 Å². The molecular formula is C16H19NO3S. The van der Waals surface area contributed by atoms with Gasteiger partial charge < -0.3 is 15.2 Å². The van der Waals surface area contributed by atoms with Crippen LogP contribution in [-0.2, 0) is 11.2 Å². The van der Waals surface area contributed by atoms with E-state index in [0.717, 1.165) is 28.2 Å². The standard InChI is InChI=1S/C16H19NO3S/c1-4-12-13(14(15(17)21-12)16(18)19-3)10-6-8-11(9-7-10)20-5-2/h6-9H,4-5,17H2,1-3H3. The van der Waals surface area contributed by atoms with E-state index in [-0.39, 0.29) is 0 Å². The van der Waals surface area contributed by atoms with Gasteiger partial charge in [-0.1, -0.05) is 19.1 Å². The van der Waals surface area contributed by atoms with E-state index in [0.29, 0.717) is 17.2 Å². The minimum absolute atomic E-state index is 0.396. The Hall–Kier alpha value is -2.01. The van der Waals surface area contributed by atoms with Crippen LogP contribution in [0.5, 0.6) is 5.75 Å². The number of thiophene rings is 1. The first-order valence-electron chi connectivity index (χ1n) is 6.85. The van der Waals surface area contributed by atoms with Crippen molar-refractivity contribution in [1.29, 1.82) is 0 Å². The quantitative estimate of drug-likeness (QED) is 0.855. The van der Waals surface area contributed by atoms with Crippen LogP contribution in [-0.4, -0.2) is 19.7 Å². The Morgan fingerprint density at radius 1 is 1.24 bits per heavy atom. The highest BCUT2D eigenvalue weighted by molar-refractivity contribution is 7.17. The van der Waals surface area contributed by atoms with Crippen LogP contribution in [0.25, 0.3) is 11.1 Å². The van der Waals surface area contributed by atoms with Gasteiger partial charge in [0.1, 0.15) is 16.3 Å². The molecule has 0 aliphatic rings. The second-order valence-electron chi connectivity index (χ2n) is 4.44. The van der Waals surface area contributed by atoms with Crippen molar-refractivity contribution in [3.05, 3.63) is 34.7 Å². The third-order valence-corrected chi connectivity index (χ3v) is 4.34. The first-order chi connectivity index (χ1) is 10.1. The molecule has 0 atom stereocenters. The number of hydrogen-bond acceptors (Lipinski definition) is 5. The maximum Gasteiger partial charge on any atom is 0.341 e. The fourth-order valence-corrected chi connectivity index (χ4v) is 3.26. The number of nitrogen functional groups attached to an aromatic ring is 1. The van der Waals surface area contributed by atoms with Gasteiger partial charge in [-0.15, -0.1) is 11.3 Å². The summed E-state index contributed by atoms with van der Waals surface area (Å²) in [4.78, 5) is 13.1. The smallest absolute Gasteiger partial charge is 0.341 e. The van der Waals surface area contributed by atoms with Crippen molar-refractivity contribution in [2.45, 2.75) is 20.3 Å². The van der Waals surface area contributed by atoms with E-state index in [1.54, 1.807) is 0 Å². The Labute approximate surface area is 128 Å². The molecule has 2 aromatic rings. The molecule has 0 amide bonds. The van der Waals surface area contributed by atoms with Crippen molar-refractivity contribution in [2.24, 2.45) is 0 Å². The van der Waals surface area contributed by atoms with Gasteiger partial charge in [0, 0.05) is 10.4 Å². The van der Waals surface area contributed by atoms with Gasteiger partial charge in [0.15, 0.2) is 0 Å². The lowest BCUT2D eigenvalue weighted by molar-refractivity contribution is 0.0603. The van der Waals surface area contributed by atoms with Crippen molar-refractivity contribution >= 4 is 22.3 Å². The van der Waals surface area contributed by atoms with Gasteiger partial charge in [0.05, 0.1) is 13.7 Å². The fourth-order valence-electron chi connectivity index (χ4n) is 2.24. The predicted molar refractivity (Wildman–Crippen MR) is 86.1 cm³/mol. The molecule has 0 bridgehead atoms. The molecule has 0 unspecified atom stereocenters. The van der Waals surface area contributed by atoms with Gasteiger partial charge in [-0.2, -0.15) is 0 Å². The Kier molecular flexibility index (Phi) is 4.85. The number of carbonyl (C=O) groups is 1. The van der Waals surface area contributed by atoms with Crippen LogP contribution in [0.3, 0.4) is 0 Å². The lowest BCUT2D eigenvalue weighted by Gasteiger charge is -2.08. The van der Waals surface area contributed by atoms with E-state index in [4.69, 9.17) is 15.2 Å². The summed E-state index contributed by atoms with van der Waals surface area (Å²) < 4.78 is 10.3. The Morgan fingerprint density at radius 3 is 2.43 bits per heavy atom. The number of esters is 1.